The molecule has 1 amide bonds. The van der Waals surface area contributed by atoms with Gasteiger partial charge in [0.25, 0.3) is 0 Å². The average molecular weight is 448 g/mol. The zero-order valence-electron chi connectivity index (χ0n) is 18.4. The molecule has 0 spiro atoms. The van der Waals surface area contributed by atoms with Crippen LogP contribution in [0.3, 0.4) is 0 Å². The second kappa shape index (κ2) is 9.67. The Bertz CT molecular complexity index is 991. The molecule has 9 heteroatoms. The standard InChI is InChI=1S/C23H27F3N4O2/c1-14(2)22(32)29-20-11-17(6-7-27-20)19(31)10-16-5-4-8-30(13-16)21-15(3)9-18(12-28-21)23(24,25)26/h6-7,9,11-12,14,16H,4-5,8,10,13H2,1-3H3,(H,27,29,32)/t16-/m0/s1. The van der Waals surface area contributed by atoms with Crippen molar-refractivity contribution in [2.75, 3.05) is 23.3 Å². The third kappa shape index (κ3) is 5.83. The van der Waals surface area contributed by atoms with Crippen molar-refractivity contribution in [2.24, 2.45) is 11.8 Å². The highest BCUT2D eigenvalue weighted by molar-refractivity contribution is 5.98. The van der Waals surface area contributed by atoms with Crippen molar-refractivity contribution in [3.05, 3.63) is 47.3 Å². The van der Waals surface area contributed by atoms with Crippen LogP contribution < -0.4 is 10.2 Å². The molecule has 1 N–H and O–H groups in total. The quantitative estimate of drug-likeness (QED) is 0.637. The summed E-state index contributed by atoms with van der Waals surface area (Å²) in [5, 5.41) is 2.69. The van der Waals surface area contributed by atoms with Crippen LogP contribution in [0.4, 0.5) is 24.8 Å². The van der Waals surface area contributed by atoms with E-state index in [1.165, 1.54) is 6.20 Å². The third-order valence-corrected chi connectivity index (χ3v) is 5.53. The molecular formula is C23H27F3N4O2. The molecule has 0 saturated carbocycles. The predicted molar refractivity (Wildman–Crippen MR) is 116 cm³/mol. The molecule has 0 radical (unpaired) electrons. The highest BCUT2D eigenvalue weighted by Gasteiger charge is 2.32. The molecule has 0 unspecified atom stereocenters. The van der Waals surface area contributed by atoms with Crippen molar-refractivity contribution in [3.63, 3.8) is 0 Å². The van der Waals surface area contributed by atoms with E-state index in [0.717, 1.165) is 25.1 Å². The smallest absolute Gasteiger partial charge is 0.356 e. The molecule has 1 aliphatic rings. The second-order valence-corrected chi connectivity index (χ2v) is 8.52. The normalized spacial score (nSPS) is 16.8. The van der Waals surface area contributed by atoms with Crippen molar-refractivity contribution in [1.29, 1.82) is 0 Å². The summed E-state index contributed by atoms with van der Waals surface area (Å²) in [6.45, 7) is 6.40. The van der Waals surface area contributed by atoms with Gasteiger partial charge in [0.2, 0.25) is 5.91 Å². The van der Waals surface area contributed by atoms with Gasteiger partial charge in [-0.2, -0.15) is 13.2 Å². The Morgan fingerprint density at radius 1 is 1.25 bits per heavy atom. The van der Waals surface area contributed by atoms with Crippen molar-refractivity contribution in [1.82, 2.24) is 9.97 Å². The summed E-state index contributed by atoms with van der Waals surface area (Å²) in [6, 6.07) is 4.31. The van der Waals surface area contributed by atoms with Gasteiger partial charge in [0, 0.05) is 43.4 Å². The lowest BCUT2D eigenvalue weighted by atomic mass is 9.91. The number of halogens is 3. The number of aryl methyl sites for hydroxylation is 1. The minimum atomic E-state index is -4.43. The summed E-state index contributed by atoms with van der Waals surface area (Å²) in [4.78, 5) is 34.8. The molecule has 2 aromatic heterocycles. The maximum atomic E-state index is 12.9. The van der Waals surface area contributed by atoms with Gasteiger partial charge >= 0.3 is 6.18 Å². The first-order valence-electron chi connectivity index (χ1n) is 10.6. The fraction of sp³-hybridized carbons (Fsp3) is 0.478. The van der Waals surface area contributed by atoms with E-state index >= 15 is 0 Å². The molecule has 0 aromatic carbocycles. The number of alkyl halides is 3. The lowest BCUT2D eigenvalue weighted by Gasteiger charge is -2.34. The van der Waals surface area contributed by atoms with Crippen LogP contribution in [0.2, 0.25) is 0 Å². The minimum Gasteiger partial charge on any atom is -0.356 e. The van der Waals surface area contributed by atoms with E-state index in [1.807, 2.05) is 4.90 Å². The number of hydrogen-bond donors (Lipinski definition) is 1. The third-order valence-electron chi connectivity index (χ3n) is 5.53. The van der Waals surface area contributed by atoms with E-state index in [2.05, 4.69) is 15.3 Å². The molecule has 3 rings (SSSR count). The number of Topliss-reactive ketones (excluding diaryl/α,β-unsaturated/α-hetero) is 1. The van der Waals surface area contributed by atoms with Gasteiger partial charge in [0.1, 0.15) is 11.6 Å². The highest BCUT2D eigenvalue weighted by atomic mass is 19.4. The van der Waals surface area contributed by atoms with Gasteiger partial charge in [-0.25, -0.2) is 9.97 Å². The summed E-state index contributed by atoms with van der Waals surface area (Å²) < 4.78 is 38.8. The molecule has 1 aliphatic heterocycles. The monoisotopic (exact) mass is 448 g/mol. The van der Waals surface area contributed by atoms with Gasteiger partial charge in [-0.05, 0) is 49.4 Å². The number of ketones is 1. The number of amides is 1. The number of aromatic nitrogens is 2. The fourth-order valence-electron chi connectivity index (χ4n) is 3.80. The van der Waals surface area contributed by atoms with Crippen molar-refractivity contribution in [2.45, 2.75) is 46.2 Å². The number of anilines is 2. The van der Waals surface area contributed by atoms with Gasteiger partial charge in [-0.1, -0.05) is 13.8 Å². The van der Waals surface area contributed by atoms with Crippen LogP contribution in [0.15, 0.2) is 30.6 Å². The van der Waals surface area contributed by atoms with Crippen molar-refractivity contribution < 1.29 is 22.8 Å². The Kier molecular flexibility index (Phi) is 7.16. The van der Waals surface area contributed by atoms with Crippen LogP contribution >= 0.6 is 0 Å². The Morgan fingerprint density at radius 2 is 2.00 bits per heavy atom. The molecule has 6 nitrogen and oxygen atoms in total. The molecule has 1 atom stereocenters. The maximum Gasteiger partial charge on any atom is 0.417 e. The molecule has 2 aromatic rings. The van der Waals surface area contributed by atoms with Crippen LogP contribution in [-0.2, 0) is 11.0 Å². The second-order valence-electron chi connectivity index (χ2n) is 8.52. The van der Waals surface area contributed by atoms with Crippen LogP contribution in [0, 0.1) is 18.8 Å². The lowest BCUT2D eigenvalue weighted by molar-refractivity contribution is -0.137. The molecule has 172 valence electrons. The molecule has 1 saturated heterocycles. The Morgan fingerprint density at radius 3 is 2.66 bits per heavy atom. The highest BCUT2D eigenvalue weighted by Crippen LogP contribution is 2.33. The Hall–Kier alpha value is -2.97. The first-order chi connectivity index (χ1) is 15.0. The van der Waals surface area contributed by atoms with Crippen LogP contribution in [0.1, 0.15) is 54.6 Å². The zero-order valence-corrected chi connectivity index (χ0v) is 18.4. The van der Waals surface area contributed by atoms with Crippen molar-refractivity contribution >= 4 is 23.3 Å². The summed E-state index contributed by atoms with van der Waals surface area (Å²) in [5.41, 5.74) is 0.173. The summed E-state index contributed by atoms with van der Waals surface area (Å²) in [6.07, 6.45) is -0.0914. The van der Waals surface area contributed by atoms with Crippen LogP contribution in [-0.4, -0.2) is 34.7 Å². The van der Waals surface area contributed by atoms with Gasteiger partial charge in [0.05, 0.1) is 5.56 Å². The Labute approximate surface area is 185 Å². The molecule has 32 heavy (non-hydrogen) atoms. The first kappa shape index (κ1) is 23.7. The average Bonchev–Trinajstić information content (AvgIpc) is 2.73. The summed E-state index contributed by atoms with van der Waals surface area (Å²) in [7, 11) is 0. The lowest BCUT2D eigenvalue weighted by Crippen LogP contribution is -2.37. The van der Waals surface area contributed by atoms with Gasteiger partial charge in [-0.3, -0.25) is 9.59 Å². The maximum absolute atomic E-state index is 12.9. The number of nitrogens with zero attached hydrogens (tertiary/aromatic N) is 3. The number of nitrogens with one attached hydrogen (secondary N) is 1. The van der Waals surface area contributed by atoms with E-state index in [-0.39, 0.29) is 23.5 Å². The SMILES string of the molecule is Cc1cc(C(F)(F)F)cnc1N1CCC[C@@H](CC(=O)c2ccnc(NC(=O)C(C)C)c2)C1. The first-order valence-corrected chi connectivity index (χ1v) is 10.6. The van der Waals surface area contributed by atoms with E-state index in [0.29, 0.717) is 42.3 Å². The number of rotatable bonds is 6. The Balaban J connectivity index is 1.66. The van der Waals surface area contributed by atoms with E-state index in [4.69, 9.17) is 0 Å². The van der Waals surface area contributed by atoms with Gasteiger partial charge in [-0.15, -0.1) is 0 Å². The molecule has 3 heterocycles. The molecule has 0 aliphatic carbocycles. The van der Waals surface area contributed by atoms with Crippen molar-refractivity contribution in [3.8, 4) is 0 Å². The van der Waals surface area contributed by atoms with Gasteiger partial charge in [0.15, 0.2) is 5.78 Å². The van der Waals surface area contributed by atoms with E-state index in [9.17, 15) is 22.8 Å². The van der Waals surface area contributed by atoms with E-state index in [1.54, 1.807) is 32.9 Å². The predicted octanol–water partition coefficient (Wildman–Crippen LogP) is 4.89. The summed E-state index contributed by atoms with van der Waals surface area (Å²) >= 11 is 0. The fourth-order valence-corrected chi connectivity index (χ4v) is 3.80. The number of carbonyl (C=O) groups is 2. The van der Waals surface area contributed by atoms with Crippen LogP contribution in [0.5, 0.6) is 0 Å². The van der Waals surface area contributed by atoms with Crippen LogP contribution in [0.25, 0.3) is 0 Å². The largest absolute Gasteiger partial charge is 0.417 e. The van der Waals surface area contributed by atoms with E-state index < -0.39 is 11.7 Å². The summed E-state index contributed by atoms with van der Waals surface area (Å²) in [5.74, 6) is 0.483. The molecule has 0 bridgehead atoms. The number of pyridine rings is 2. The van der Waals surface area contributed by atoms with Gasteiger partial charge < -0.3 is 10.2 Å². The minimum absolute atomic E-state index is 0.0570. The number of hydrogen-bond acceptors (Lipinski definition) is 5. The molecular weight excluding hydrogens is 421 g/mol. The zero-order chi connectivity index (χ0) is 23.5. The number of carbonyl (C=O) groups excluding carboxylic acids is 2. The number of piperidine rings is 1. The topological polar surface area (TPSA) is 75.2 Å². The molecule has 1 fully saturated rings.